The van der Waals surface area contributed by atoms with Gasteiger partial charge in [-0.25, -0.2) is 0 Å². The molecule has 2 aromatic rings. The van der Waals surface area contributed by atoms with Crippen molar-refractivity contribution < 1.29 is 4.79 Å². The van der Waals surface area contributed by atoms with E-state index in [1.807, 2.05) is 13.0 Å². The molecule has 3 nitrogen and oxygen atoms in total. The molecule has 2 aromatic carbocycles. The predicted octanol–water partition coefficient (Wildman–Crippen LogP) is 5.12. The Hall–Kier alpha value is -2.13. The molecule has 1 saturated heterocycles. The molecule has 0 aromatic heterocycles. The summed E-state index contributed by atoms with van der Waals surface area (Å²) < 4.78 is 0. The van der Waals surface area contributed by atoms with Crippen LogP contribution in [0.5, 0.6) is 0 Å². The number of hydrogen-bond donors (Lipinski definition) is 0. The Morgan fingerprint density at radius 3 is 2.00 bits per heavy atom. The third-order valence-corrected chi connectivity index (χ3v) is 6.00. The SMILES string of the molecule is Cc1cc(N2CCN(C(C)c3ccc(C(C)C)cc3)CC2)c(C)cc1C=O. The fourth-order valence-electron chi connectivity index (χ4n) is 4.01. The van der Waals surface area contributed by atoms with Crippen LogP contribution in [0.15, 0.2) is 36.4 Å². The summed E-state index contributed by atoms with van der Waals surface area (Å²) in [6, 6.07) is 13.7. The highest BCUT2D eigenvalue weighted by atomic mass is 16.1. The maximum atomic E-state index is 11.2. The van der Waals surface area contributed by atoms with Crippen molar-refractivity contribution in [2.75, 3.05) is 31.1 Å². The van der Waals surface area contributed by atoms with Crippen LogP contribution < -0.4 is 4.90 Å². The summed E-state index contributed by atoms with van der Waals surface area (Å²) in [5.41, 5.74) is 7.12. The summed E-state index contributed by atoms with van der Waals surface area (Å²) in [6.45, 7) is 15.1. The molecule has 1 atom stereocenters. The molecule has 144 valence electrons. The highest BCUT2D eigenvalue weighted by molar-refractivity contribution is 5.79. The standard InChI is InChI=1S/C24H32N2O/c1-17(2)21-6-8-22(9-7-21)20(5)25-10-12-26(13-11-25)24-15-18(3)23(16-27)14-19(24)4/h6-9,14-17,20H,10-13H2,1-5H3. The van der Waals surface area contributed by atoms with Gasteiger partial charge in [-0.3, -0.25) is 9.69 Å². The first-order valence-electron chi connectivity index (χ1n) is 10.1. The van der Waals surface area contributed by atoms with E-state index in [2.05, 4.69) is 67.8 Å². The predicted molar refractivity (Wildman–Crippen MR) is 114 cm³/mol. The van der Waals surface area contributed by atoms with Gasteiger partial charge in [0.15, 0.2) is 0 Å². The quantitative estimate of drug-likeness (QED) is 0.688. The normalized spacial score (nSPS) is 16.6. The summed E-state index contributed by atoms with van der Waals surface area (Å²) in [4.78, 5) is 16.2. The summed E-state index contributed by atoms with van der Waals surface area (Å²) in [6.07, 6.45) is 0.955. The molecule has 0 amide bonds. The van der Waals surface area contributed by atoms with E-state index in [9.17, 15) is 4.79 Å². The third kappa shape index (κ3) is 4.24. The van der Waals surface area contributed by atoms with Gasteiger partial charge in [0, 0.05) is 43.5 Å². The molecule has 1 heterocycles. The minimum absolute atomic E-state index is 0.439. The molecule has 27 heavy (non-hydrogen) atoms. The maximum absolute atomic E-state index is 11.2. The van der Waals surface area contributed by atoms with E-state index >= 15 is 0 Å². The van der Waals surface area contributed by atoms with Crippen molar-refractivity contribution in [2.45, 2.75) is 46.6 Å². The Morgan fingerprint density at radius 1 is 0.852 bits per heavy atom. The summed E-state index contributed by atoms with van der Waals surface area (Å²) >= 11 is 0. The van der Waals surface area contributed by atoms with Crippen LogP contribution in [0, 0.1) is 13.8 Å². The number of carbonyl (C=O) groups is 1. The van der Waals surface area contributed by atoms with Crippen LogP contribution in [0.4, 0.5) is 5.69 Å². The molecular formula is C24H32N2O. The van der Waals surface area contributed by atoms with Crippen molar-refractivity contribution in [3.63, 3.8) is 0 Å². The Bertz CT molecular complexity index is 787. The number of hydrogen-bond acceptors (Lipinski definition) is 3. The van der Waals surface area contributed by atoms with Gasteiger partial charge in [-0.15, -0.1) is 0 Å². The van der Waals surface area contributed by atoms with Gasteiger partial charge in [-0.05, 0) is 61.1 Å². The van der Waals surface area contributed by atoms with E-state index < -0.39 is 0 Å². The van der Waals surface area contributed by atoms with Crippen molar-refractivity contribution in [1.29, 1.82) is 0 Å². The topological polar surface area (TPSA) is 23.6 Å². The molecule has 0 radical (unpaired) electrons. The molecule has 0 aliphatic carbocycles. The molecule has 1 unspecified atom stereocenters. The summed E-state index contributed by atoms with van der Waals surface area (Å²) in [5, 5.41) is 0. The molecule has 0 N–H and O–H groups in total. The van der Waals surface area contributed by atoms with Crippen LogP contribution in [0.1, 0.15) is 65.3 Å². The monoisotopic (exact) mass is 364 g/mol. The average molecular weight is 365 g/mol. The lowest BCUT2D eigenvalue weighted by molar-refractivity contribution is 0.112. The summed E-state index contributed by atoms with van der Waals surface area (Å²) in [7, 11) is 0. The Morgan fingerprint density at radius 2 is 1.44 bits per heavy atom. The van der Waals surface area contributed by atoms with Crippen LogP contribution in [0.2, 0.25) is 0 Å². The number of benzene rings is 2. The molecule has 0 spiro atoms. The molecule has 3 heteroatoms. The van der Waals surface area contributed by atoms with E-state index in [1.165, 1.54) is 22.4 Å². The zero-order valence-electron chi connectivity index (χ0n) is 17.3. The van der Waals surface area contributed by atoms with Crippen LogP contribution in [0.3, 0.4) is 0 Å². The number of nitrogens with zero attached hydrogens (tertiary/aromatic N) is 2. The van der Waals surface area contributed by atoms with E-state index in [-0.39, 0.29) is 0 Å². The zero-order valence-corrected chi connectivity index (χ0v) is 17.3. The first-order chi connectivity index (χ1) is 12.9. The van der Waals surface area contributed by atoms with Gasteiger partial charge < -0.3 is 4.90 Å². The molecule has 1 aliphatic heterocycles. The van der Waals surface area contributed by atoms with Gasteiger partial charge in [-0.2, -0.15) is 0 Å². The third-order valence-electron chi connectivity index (χ3n) is 6.00. The number of aldehydes is 1. The highest BCUT2D eigenvalue weighted by Crippen LogP contribution is 2.28. The summed E-state index contributed by atoms with van der Waals surface area (Å²) in [5.74, 6) is 0.579. The Labute approximate surface area is 164 Å². The first kappa shape index (κ1) is 19.6. The molecular weight excluding hydrogens is 332 g/mol. The van der Waals surface area contributed by atoms with Gasteiger partial charge in [-0.1, -0.05) is 38.1 Å². The largest absolute Gasteiger partial charge is 0.369 e. The Balaban J connectivity index is 1.66. The Kier molecular flexibility index (Phi) is 6.01. The van der Waals surface area contributed by atoms with Crippen LogP contribution in [-0.4, -0.2) is 37.4 Å². The zero-order chi connectivity index (χ0) is 19.6. The minimum atomic E-state index is 0.439. The molecule has 1 aliphatic rings. The molecule has 1 fully saturated rings. The number of piperazine rings is 1. The van der Waals surface area contributed by atoms with Crippen LogP contribution in [0.25, 0.3) is 0 Å². The number of carbonyl (C=O) groups excluding carboxylic acids is 1. The van der Waals surface area contributed by atoms with Gasteiger partial charge in [0.1, 0.15) is 6.29 Å². The first-order valence-corrected chi connectivity index (χ1v) is 10.1. The van der Waals surface area contributed by atoms with Gasteiger partial charge in [0.05, 0.1) is 0 Å². The molecule has 0 bridgehead atoms. The molecule has 0 saturated carbocycles. The van der Waals surface area contributed by atoms with Crippen LogP contribution in [-0.2, 0) is 0 Å². The number of anilines is 1. The van der Waals surface area contributed by atoms with Crippen LogP contribution >= 0.6 is 0 Å². The number of rotatable bonds is 5. The van der Waals surface area contributed by atoms with Gasteiger partial charge in [0.25, 0.3) is 0 Å². The lowest BCUT2D eigenvalue weighted by Crippen LogP contribution is -2.47. The second-order valence-electron chi connectivity index (χ2n) is 8.13. The van der Waals surface area contributed by atoms with Crippen molar-refractivity contribution in [3.05, 3.63) is 64.2 Å². The molecule has 3 rings (SSSR count). The van der Waals surface area contributed by atoms with E-state index in [1.54, 1.807) is 0 Å². The average Bonchev–Trinajstić information content (AvgIpc) is 2.69. The second-order valence-corrected chi connectivity index (χ2v) is 8.13. The van der Waals surface area contributed by atoms with Crippen molar-refractivity contribution in [1.82, 2.24) is 4.90 Å². The smallest absolute Gasteiger partial charge is 0.150 e. The maximum Gasteiger partial charge on any atom is 0.150 e. The number of aryl methyl sites for hydroxylation is 2. The van der Waals surface area contributed by atoms with Gasteiger partial charge >= 0.3 is 0 Å². The van der Waals surface area contributed by atoms with Crippen molar-refractivity contribution in [2.24, 2.45) is 0 Å². The van der Waals surface area contributed by atoms with E-state index in [0.717, 1.165) is 43.6 Å². The van der Waals surface area contributed by atoms with Crippen molar-refractivity contribution in [3.8, 4) is 0 Å². The van der Waals surface area contributed by atoms with Gasteiger partial charge in [0.2, 0.25) is 0 Å². The van der Waals surface area contributed by atoms with E-state index in [4.69, 9.17) is 0 Å². The fourth-order valence-corrected chi connectivity index (χ4v) is 4.01. The highest BCUT2D eigenvalue weighted by Gasteiger charge is 2.23. The minimum Gasteiger partial charge on any atom is -0.369 e. The second kappa shape index (κ2) is 8.26. The van der Waals surface area contributed by atoms with E-state index in [0.29, 0.717) is 12.0 Å². The lowest BCUT2D eigenvalue weighted by Gasteiger charge is -2.40. The lowest BCUT2D eigenvalue weighted by atomic mass is 9.98. The fraction of sp³-hybridized carbons (Fsp3) is 0.458. The van der Waals surface area contributed by atoms with Crippen molar-refractivity contribution >= 4 is 12.0 Å².